The molecule has 0 radical (unpaired) electrons. The molecule has 0 atom stereocenters. The van der Waals surface area contributed by atoms with Crippen molar-refractivity contribution in [2.24, 2.45) is 0 Å². The van der Waals surface area contributed by atoms with Gasteiger partial charge in [-0.25, -0.2) is 0 Å². The van der Waals surface area contributed by atoms with Crippen molar-refractivity contribution in [2.75, 3.05) is 31.3 Å². The van der Waals surface area contributed by atoms with Crippen molar-refractivity contribution in [2.45, 2.75) is 19.4 Å². The molecule has 2 N–H and O–H groups in total. The number of hydrogen-bond acceptors (Lipinski definition) is 6. The van der Waals surface area contributed by atoms with Gasteiger partial charge in [-0.15, -0.1) is 0 Å². The molecule has 0 saturated heterocycles. The predicted octanol–water partition coefficient (Wildman–Crippen LogP) is 1.63. The third kappa shape index (κ3) is 6.75. The number of nitrogens with one attached hydrogen (secondary N) is 2. The summed E-state index contributed by atoms with van der Waals surface area (Å²) in [6.07, 6.45) is 5.34. The minimum Gasteiger partial charge on any atom is -0.355 e. The van der Waals surface area contributed by atoms with Gasteiger partial charge in [0.1, 0.15) is 0 Å². The Kier molecular flexibility index (Phi) is 8.19. The van der Waals surface area contributed by atoms with Gasteiger partial charge in [-0.05, 0) is 53.8 Å². The fourth-order valence-electron chi connectivity index (χ4n) is 3.64. The molecule has 10 heteroatoms. The lowest BCUT2D eigenvalue weighted by atomic mass is 9.96. The Balaban J connectivity index is 1.60. The van der Waals surface area contributed by atoms with E-state index < -0.39 is 16.0 Å². The van der Waals surface area contributed by atoms with E-state index in [-0.39, 0.29) is 25.0 Å². The predicted molar refractivity (Wildman–Crippen MR) is 129 cm³/mol. The molecule has 0 aromatic heterocycles. The van der Waals surface area contributed by atoms with Crippen molar-refractivity contribution in [1.82, 2.24) is 10.6 Å². The molecule has 0 saturated carbocycles. The molecule has 2 aromatic carbocycles. The van der Waals surface area contributed by atoms with Gasteiger partial charge in [0, 0.05) is 30.9 Å². The number of anilines is 1. The molecule has 9 nitrogen and oxygen atoms in total. The number of amides is 3. The van der Waals surface area contributed by atoms with Crippen molar-refractivity contribution in [3.63, 3.8) is 0 Å². The van der Waals surface area contributed by atoms with Crippen LogP contribution in [0.1, 0.15) is 33.5 Å². The molecule has 0 aliphatic carbocycles. The number of rotatable bonds is 8. The second kappa shape index (κ2) is 11.1. The Bertz CT molecular complexity index is 1210. The van der Waals surface area contributed by atoms with E-state index in [0.717, 1.165) is 22.9 Å². The lowest BCUT2D eigenvalue weighted by molar-refractivity contribution is -0.122. The van der Waals surface area contributed by atoms with Gasteiger partial charge in [-0.2, -0.15) is 8.42 Å². The van der Waals surface area contributed by atoms with Crippen LogP contribution in [0.15, 0.2) is 48.5 Å². The van der Waals surface area contributed by atoms with E-state index in [0.29, 0.717) is 30.6 Å². The number of nitrogens with zero attached hydrogens (tertiary/aromatic N) is 1. The summed E-state index contributed by atoms with van der Waals surface area (Å²) in [7, 11) is -2.03. The molecule has 0 unspecified atom stereocenters. The van der Waals surface area contributed by atoms with Crippen molar-refractivity contribution in [3.8, 4) is 0 Å². The monoisotopic (exact) mass is 485 g/mol. The van der Waals surface area contributed by atoms with E-state index in [1.807, 2.05) is 0 Å². The molecule has 0 bridgehead atoms. The number of carbonyl (C=O) groups excluding carboxylic acids is 3. The number of hydrogen-bond donors (Lipinski definition) is 2. The minimum absolute atomic E-state index is 0.0876. The van der Waals surface area contributed by atoms with Crippen LogP contribution in [0, 0.1) is 0 Å². The van der Waals surface area contributed by atoms with Crippen LogP contribution in [0.4, 0.5) is 5.69 Å². The van der Waals surface area contributed by atoms with Gasteiger partial charge in [0.25, 0.3) is 16.0 Å². The maximum absolute atomic E-state index is 12.8. The summed E-state index contributed by atoms with van der Waals surface area (Å²) in [5.74, 6) is -0.879. The number of benzene rings is 2. The molecule has 0 fully saturated rings. The maximum Gasteiger partial charge on any atom is 0.264 e. The normalized spacial score (nSPS) is 13.4. The van der Waals surface area contributed by atoms with Gasteiger partial charge >= 0.3 is 0 Å². The first-order valence-corrected chi connectivity index (χ1v) is 12.5. The van der Waals surface area contributed by atoms with Crippen LogP contribution in [-0.2, 0) is 36.9 Å². The third-order valence-electron chi connectivity index (χ3n) is 5.32. The van der Waals surface area contributed by atoms with E-state index in [2.05, 4.69) is 10.6 Å². The van der Waals surface area contributed by atoms with Crippen LogP contribution >= 0.6 is 0 Å². The molecule has 34 heavy (non-hydrogen) atoms. The van der Waals surface area contributed by atoms with Gasteiger partial charge in [0.05, 0.1) is 19.4 Å². The van der Waals surface area contributed by atoms with Gasteiger partial charge in [0.15, 0.2) is 0 Å². The van der Waals surface area contributed by atoms with Crippen molar-refractivity contribution in [1.29, 1.82) is 0 Å². The zero-order valence-corrected chi connectivity index (χ0v) is 19.9. The molecule has 180 valence electrons. The molecule has 3 amide bonds. The van der Waals surface area contributed by atoms with Crippen molar-refractivity contribution in [3.05, 3.63) is 70.8 Å². The lowest BCUT2D eigenvalue weighted by Gasteiger charge is -2.31. The van der Waals surface area contributed by atoms with Gasteiger partial charge in [-0.3, -0.25) is 18.6 Å². The first kappa shape index (κ1) is 25.1. The molecular formula is C24H27N3O6S. The molecule has 1 aliphatic rings. The van der Waals surface area contributed by atoms with Crippen molar-refractivity contribution >= 4 is 39.6 Å². The third-order valence-corrected chi connectivity index (χ3v) is 5.86. The number of carbonyl (C=O) groups is 3. The van der Waals surface area contributed by atoms with E-state index in [1.54, 1.807) is 60.5 Å². The van der Waals surface area contributed by atoms with Crippen LogP contribution in [0.25, 0.3) is 6.08 Å². The Labute approximate surface area is 198 Å². The zero-order chi connectivity index (χ0) is 24.7. The van der Waals surface area contributed by atoms with Crippen LogP contribution in [0.5, 0.6) is 0 Å². The molecule has 0 spiro atoms. The van der Waals surface area contributed by atoms with Crippen LogP contribution in [0.3, 0.4) is 0 Å². The highest BCUT2D eigenvalue weighted by atomic mass is 32.2. The summed E-state index contributed by atoms with van der Waals surface area (Å²) in [6.45, 7) is 0.240. The van der Waals surface area contributed by atoms with Gasteiger partial charge in [-0.1, -0.05) is 24.3 Å². The summed E-state index contributed by atoms with van der Waals surface area (Å²) in [6, 6.07) is 12.1. The summed E-state index contributed by atoms with van der Waals surface area (Å²) in [5.41, 5.74) is 3.55. The Morgan fingerprint density at radius 1 is 1.12 bits per heavy atom. The molecular weight excluding hydrogens is 458 g/mol. The van der Waals surface area contributed by atoms with E-state index in [1.165, 1.54) is 6.08 Å². The maximum atomic E-state index is 12.8. The minimum atomic E-state index is -3.58. The standard InChI is InChI=1S/C24H27N3O6S/c1-25-24(30)18-11-8-17(9-12-18)10-13-22(28)26-15-23(29)27-14-4-6-20-19(5-3-7-21(20)27)16-33-34(2,31)32/h3,5,7-13H,4,6,14-16H2,1-2H3,(H,25,30)(H,26,28). The SMILES string of the molecule is CNC(=O)c1ccc(C=CC(=O)NCC(=O)N2CCCc3c(COS(C)(=O)=O)cccc32)cc1. The Hall–Kier alpha value is -3.50. The topological polar surface area (TPSA) is 122 Å². The summed E-state index contributed by atoms with van der Waals surface area (Å²) < 4.78 is 27.6. The van der Waals surface area contributed by atoms with E-state index in [9.17, 15) is 22.8 Å². The Morgan fingerprint density at radius 2 is 1.85 bits per heavy atom. The number of fused-ring (bicyclic) bond motifs is 1. The average molecular weight is 486 g/mol. The summed E-state index contributed by atoms with van der Waals surface area (Å²) >= 11 is 0. The van der Waals surface area contributed by atoms with E-state index in [4.69, 9.17) is 4.18 Å². The average Bonchev–Trinajstić information content (AvgIpc) is 2.83. The van der Waals surface area contributed by atoms with Gasteiger partial charge < -0.3 is 15.5 Å². The Morgan fingerprint density at radius 3 is 2.53 bits per heavy atom. The highest BCUT2D eigenvalue weighted by Gasteiger charge is 2.24. The van der Waals surface area contributed by atoms with Crippen LogP contribution < -0.4 is 15.5 Å². The first-order valence-electron chi connectivity index (χ1n) is 10.7. The molecule has 3 rings (SSSR count). The smallest absolute Gasteiger partial charge is 0.264 e. The second-order valence-corrected chi connectivity index (χ2v) is 9.43. The lowest BCUT2D eigenvalue weighted by Crippen LogP contribution is -2.42. The second-order valence-electron chi connectivity index (χ2n) is 7.78. The fourth-order valence-corrected chi connectivity index (χ4v) is 3.98. The highest BCUT2D eigenvalue weighted by Crippen LogP contribution is 2.30. The largest absolute Gasteiger partial charge is 0.355 e. The summed E-state index contributed by atoms with van der Waals surface area (Å²) in [4.78, 5) is 38.2. The molecule has 1 aliphatic heterocycles. The highest BCUT2D eigenvalue weighted by molar-refractivity contribution is 7.85. The van der Waals surface area contributed by atoms with Crippen LogP contribution in [0.2, 0.25) is 0 Å². The fraction of sp³-hybridized carbons (Fsp3) is 0.292. The van der Waals surface area contributed by atoms with E-state index >= 15 is 0 Å². The van der Waals surface area contributed by atoms with Gasteiger partial charge in [0.2, 0.25) is 11.8 Å². The zero-order valence-electron chi connectivity index (χ0n) is 19.0. The summed E-state index contributed by atoms with van der Waals surface area (Å²) in [5, 5.41) is 5.13. The van der Waals surface area contributed by atoms with Crippen molar-refractivity contribution < 1.29 is 27.0 Å². The quantitative estimate of drug-likeness (QED) is 0.433. The molecule has 2 aromatic rings. The first-order chi connectivity index (χ1) is 16.2. The van der Waals surface area contributed by atoms with Crippen LogP contribution in [-0.4, -0.2) is 52.5 Å². The molecule has 1 heterocycles.